The van der Waals surface area contributed by atoms with Gasteiger partial charge in [-0.2, -0.15) is 0 Å². The molecule has 18 heavy (non-hydrogen) atoms. The molecule has 1 aromatic carbocycles. The third-order valence-corrected chi connectivity index (χ3v) is 3.67. The zero-order valence-electron chi connectivity index (χ0n) is 9.72. The van der Waals surface area contributed by atoms with E-state index >= 15 is 0 Å². The van der Waals surface area contributed by atoms with Crippen molar-refractivity contribution in [1.29, 1.82) is 0 Å². The minimum absolute atomic E-state index is 0.0573. The van der Waals surface area contributed by atoms with E-state index < -0.39 is 12.3 Å². The predicted octanol–water partition coefficient (Wildman–Crippen LogP) is 2.79. The third kappa shape index (κ3) is 4.43. The number of hydrogen-bond acceptors (Lipinski definition) is 3. The van der Waals surface area contributed by atoms with Crippen LogP contribution in [0.5, 0.6) is 5.75 Å². The molecule has 0 spiro atoms. The van der Waals surface area contributed by atoms with E-state index in [1.165, 1.54) is 6.07 Å². The van der Waals surface area contributed by atoms with E-state index in [0.29, 0.717) is 5.56 Å². The molecule has 0 aliphatic carbocycles. The Labute approximate surface area is 115 Å². The summed E-state index contributed by atoms with van der Waals surface area (Å²) in [7, 11) is -4.81. The van der Waals surface area contributed by atoms with Gasteiger partial charge in [0.05, 0.1) is 0 Å². The molecule has 102 valence electrons. The molecule has 0 fully saturated rings. The van der Waals surface area contributed by atoms with Gasteiger partial charge in [-0.3, -0.25) is 0 Å². The maximum absolute atomic E-state index is 10.7. The van der Waals surface area contributed by atoms with E-state index in [1.54, 1.807) is 13.0 Å². The molecule has 0 bridgehead atoms. The molecule has 0 unspecified atom stereocenters. The Morgan fingerprint density at radius 2 is 1.89 bits per heavy atom. The lowest BCUT2D eigenvalue weighted by Gasteiger charge is -2.22. The number of aryl methyl sites for hydroxylation is 1. The number of phosphoric acid groups is 1. The largest absolute Gasteiger partial charge is 0.508 e. The summed E-state index contributed by atoms with van der Waals surface area (Å²) in [6.07, 6.45) is -0.249. The quantitative estimate of drug-likeness (QED) is 0.587. The Bertz CT molecular complexity index is 497. The predicted molar refractivity (Wildman–Crippen MR) is 68.9 cm³/mol. The van der Waals surface area contributed by atoms with Crippen LogP contribution in [-0.4, -0.2) is 19.4 Å². The molecule has 0 aliphatic heterocycles. The lowest BCUT2D eigenvalue weighted by atomic mass is 10.00. The minimum Gasteiger partial charge on any atom is -0.508 e. The van der Waals surface area contributed by atoms with Crippen LogP contribution in [0.4, 0.5) is 0 Å². The van der Waals surface area contributed by atoms with Crippen LogP contribution in [0, 0.1) is 13.8 Å². The van der Waals surface area contributed by atoms with Gasteiger partial charge in [0.2, 0.25) is 4.52 Å². The lowest BCUT2D eigenvalue weighted by molar-refractivity contribution is 0.155. The van der Waals surface area contributed by atoms with Gasteiger partial charge in [0.25, 0.3) is 0 Å². The van der Waals surface area contributed by atoms with E-state index in [9.17, 15) is 9.67 Å². The van der Waals surface area contributed by atoms with Crippen LogP contribution in [0.3, 0.4) is 0 Å². The molecule has 0 atom stereocenters. The summed E-state index contributed by atoms with van der Waals surface area (Å²) in [5.74, 6) is -0.0573. The van der Waals surface area contributed by atoms with Crippen LogP contribution in [-0.2, 0) is 15.5 Å². The summed E-state index contributed by atoms with van der Waals surface area (Å²) in [6.45, 7) is 3.57. The molecule has 0 amide bonds. The summed E-state index contributed by atoms with van der Waals surface area (Å²) in [5, 5.41) is 9.71. The first-order chi connectivity index (χ1) is 8.02. The molecule has 0 aromatic heterocycles. The Hall–Kier alpha value is -0.290. The van der Waals surface area contributed by atoms with E-state index in [2.05, 4.69) is 4.52 Å². The number of halogens is 2. The fourth-order valence-electron chi connectivity index (χ4n) is 1.49. The van der Waals surface area contributed by atoms with Crippen molar-refractivity contribution in [1.82, 2.24) is 0 Å². The summed E-state index contributed by atoms with van der Waals surface area (Å²) >= 11 is 11.4. The van der Waals surface area contributed by atoms with Gasteiger partial charge in [0.1, 0.15) is 5.75 Å². The van der Waals surface area contributed by atoms with Crippen LogP contribution in [0.25, 0.3) is 0 Å². The molecular weight excluding hydrogens is 302 g/mol. The van der Waals surface area contributed by atoms with Crippen molar-refractivity contribution in [2.75, 3.05) is 0 Å². The van der Waals surface area contributed by atoms with Crippen molar-refractivity contribution in [2.45, 2.75) is 24.8 Å². The Morgan fingerprint density at radius 3 is 2.39 bits per heavy atom. The zero-order chi connectivity index (χ0) is 14.1. The zero-order valence-corrected chi connectivity index (χ0v) is 12.1. The van der Waals surface area contributed by atoms with E-state index in [0.717, 1.165) is 11.1 Å². The number of benzene rings is 1. The number of rotatable bonds is 4. The fourth-order valence-corrected chi connectivity index (χ4v) is 2.71. The number of phosphoric ester groups is 1. The molecule has 0 saturated heterocycles. The second-order valence-electron chi connectivity index (χ2n) is 3.90. The molecule has 3 N–H and O–H groups in total. The summed E-state index contributed by atoms with van der Waals surface area (Å²) < 4.78 is 12.9. The smallest absolute Gasteiger partial charge is 0.472 e. The van der Waals surface area contributed by atoms with Crippen molar-refractivity contribution in [3.63, 3.8) is 0 Å². The second kappa shape index (κ2) is 5.37. The second-order valence-corrected chi connectivity index (χ2v) is 6.48. The maximum atomic E-state index is 10.7. The highest BCUT2D eigenvalue weighted by atomic mass is 35.5. The van der Waals surface area contributed by atoms with Gasteiger partial charge in [-0.05, 0) is 31.0 Å². The van der Waals surface area contributed by atoms with Gasteiger partial charge in [-0.25, -0.2) is 9.09 Å². The van der Waals surface area contributed by atoms with Crippen LogP contribution in [0.15, 0.2) is 12.1 Å². The number of phenols is 1. The van der Waals surface area contributed by atoms with E-state index in [-0.39, 0.29) is 12.2 Å². The fraction of sp³-hybridized carbons (Fsp3) is 0.400. The molecule has 5 nitrogen and oxygen atoms in total. The number of phenolic OH excluding ortho intramolecular Hbond substituents is 1. The average Bonchev–Trinajstić information content (AvgIpc) is 2.15. The first kappa shape index (κ1) is 15.8. The topological polar surface area (TPSA) is 87.0 Å². The molecular formula is C10H13Cl2O5P. The van der Waals surface area contributed by atoms with E-state index in [1.807, 2.05) is 6.92 Å². The van der Waals surface area contributed by atoms with Crippen molar-refractivity contribution < 1.29 is 24.0 Å². The molecule has 8 heteroatoms. The molecule has 0 saturated carbocycles. The Balaban J connectivity index is 3.04. The monoisotopic (exact) mass is 314 g/mol. The maximum Gasteiger partial charge on any atom is 0.472 e. The number of hydrogen-bond donors (Lipinski definition) is 3. The van der Waals surface area contributed by atoms with Gasteiger partial charge in [-0.15, -0.1) is 0 Å². The molecule has 0 heterocycles. The van der Waals surface area contributed by atoms with Crippen molar-refractivity contribution >= 4 is 31.0 Å². The molecule has 1 rings (SSSR count). The highest BCUT2D eigenvalue weighted by Crippen LogP contribution is 2.47. The Kier molecular flexibility index (Phi) is 4.70. The minimum atomic E-state index is -4.81. The third-order valence-electron chi connectivity index (χ3n) is 2.48. The normalized spacial score (nSPS) is 12.8. The molecule has 0 aliphatic rings. The molecule has 0 radical (unpaired) electrons. The highest BCUT2D eigenvalue weighted by molar-refractivity contribution is 7.46. The lowest BCUT2D eigenvalue weighted by Crippen LogP contribution is -2.20. The van der Waals surface area contributed by atoms with E-state index in [4.69, 9.17) is 33.0 Å². The van der Waals surface area contributed by atoms with Crippen LogP contribution in [0.1, 0.15) is 16.7 Å². The standard InChI is InChI=1S/C10H13Cl2O5P/c1-6-3-4-9(13)8(7(6)2)5-10(11,12)17-18(14,15)16/h3-4,13H,5H2,1-2H3,(H2,14,15,16). The van der Waals surface area contributed by atoms with Crippen molar-refractivity contribution in [3.8, 4) is 5.75 Å². The first-order valence-corrected chi connectivity index (χ1v) is 7.22. The highest BCUT2D eigenvalue weighted by Gasteiger charge is 2.35. The first-order valence-electron chi connectivity index (χ1n) is 4.94. The summed E-state index contributed by atoms with van der Waals surface area (Å²) in [5.41, 5.74) is 2.01. The SMILES string of the molecule is Cc1ccc(O)c(CC(Cl)(Cl)OP(=O)(O)O)c1C. The van der Waals surface area contributed by atoms with Crippen LogP contribution < -0.4 is 0 Å². The van der Waals surface area contributed by atoms with Gasteiger partial charge >= 0.3 is 7.82 Å². The number of aromatic hydroxyl groups is 1. The van der Waals surface area contributed by atoms with Gasteiger partial charge in [0.15, 0.2) is 0 Å². The van der Waals surface area contributed by atoms with Crippen LogP contribution >= 0.6 is 31.0 Å². The average molecular weight is 315 g/mol. The summed E-state index contributed by atoms with van der Waals surface area (Å²) in [6, 6.07) is 3.17. The Morgan fingerprint density at radius 1 is 1.33 bits per heavy atom. The van der Waals surface area contributed by atoms with Crippen LogP contribution in [0.2, 0.25) is 0 Å². The van der Waals surface area contributed by atoms with Crippen molar-refractivity contribution in [3.05, 3.63) is 28.8 Å². The summed E-state index contributed by atoms with van der Waals surface area (Å²) in [4.78, 5) is 17.4. The van der Waals surface area contributed by atoms with Crippen molar-refractivity contribution in [2.24, 2.45) is 0 Å². The number of alkyl halides is 2. The molecule has 1 aromatic rings. The van der Waals surface area contributed by atoms with Gasteiger partial charge < -0.3 is 14.9 Å². The van der Waals surface area contributed by atoms with Gasteiger partial charge in [0, 0.05) is 12.0 Å². The van der Waals surface area contributed by atoms with Gasteiger partial charge in [-0.1, -0.05) is 29.3 Å².